The molecule has 3 heterocycles. The molecule has 30 heavy (non-hydrogen) atoms. The number of thioether (sulfide) groups is 1. The largest absolute Gasteiger partial charge is 0.496 e. The Kier molecular flexibility index (Phi) is 5.67. The highest BCUT2D eigenvalue weighted by Crippen LogP contribution is 2.35. The Morgan fingerprint density at radius 2 is 2.20 bits per heavy atom. The third-order valence-electron chi connectivity index (χ3n) is 5.80. The maximum atomic E-state index is 6.72. The number of anilines is 1. The Labute approximate surface area is 184 Å². The Bertz CT molecular complexity index is 1110. The molecular weight excluding hydrogens is 418 g/mol. The number of rotatable bonds is 6. The molecule has 8 heteroatoms. The lowest BCUT2D eigenvalue weighted by atomic mass is 9.87. The molecule has 5 rings (SSSR count). The topological polar surface area (TPSA) is 86.0 Å². The second-order valence-corrected chi connectivity index (χ2v) is 9.34. The van der Waals surface area contributed by atoms with Crippen molar-refractivity contribution in [3.05, 3.63) is 51.1 Å². The van der Waals surface area contributed by atoms with E-state index in [0.29, 0.717) is 28.7 Å². The third-order valence-corrected chi connectivity index (χ3v) is 7.06. The van der Waals surface area contributed by atoms with Crippen molar-refractivity contribution in [2.24, 2.45) is 0 Å². The van der Waals surface area contributed by atoms with Crippen LogP contribution in [0.1, 0.15) is 43.0 Å². The van der Waals surface area contributed by atoms with Gasteiger partial charge < -0.3 is 15.8 Å². The standard InChI is InChI=1S/C22H24ClN5OS/c23-17-10-14-12-29-11-13-4-1-7-16(18(13)14)19(17)20-26-21(24)28-22(27-20)30-9-3-6-15-5-2-8-25-15/h1,4,7,10-11,15,19,25H,2-3,5-6,8-9,12H2,(H2,24,26,27,28). The van der Waals surface area contributed by atoms with E-state index in [0.717, 1.165) is 40.3 Å². The molecule has 0 amide bonds. The Balaban J connectivity index is 1.40. The molecule has 1 aromatic carbocycles. The second kappa shape index (κ2) is 8.57. The van der Waals surface area contributed by atoms with E-state index in [4.69, 9.17) is 27.1 Å². The number of ether oxygens (including phenoxy) is 1. The molecule has 0 saturated carbocycles. The summed E-state index contributed by atoms with van der Waals surface area (Å²) in [6, 6.07) is 6.80. The van der Waals surface area contributed by atoms with Crippen molar-refractivity contribution in [2.75, 3.05) is 24.6 Å². The molecule has 2 aromatic rings. The van der Waals surface area contributed by atoms with Crippen LogP contribution in [0, 0.1) is 0 Å². The number of nitrogens with zero attached hydrogens (tertiary/aromatic N) is 3. The molecule has 3 N–H and O–H groups in total. The van der Waals surface area contributed by atoms with Crippen LogP contribution in [0.2, 0.25) is 0 Å². The number of nitrogens with one attached hydrogen (secondary N) is 1. The normalized spacial score (nSPS) is 22.2. The first-order chi connectivity index (χ1) is 14.7. The maximum Gasteiger partial charge on any atom is 0.224 e. The van der Waals surface area contributed by atoms with Gasteiger partial charge in [-0.1, -0.05) is 41.6 Å². The lowest BCUT2D eigenvalue weighted by molar-refractivity contribution is 0.341. The minimum absolute atomic E-state index is 0.235. The van der Waals surface area contributed by atoms with Crippen LogP contribution in [0.3, 0.4) is 0 Å². The van der Waals surface area contributed by atoms with Crippen LogP contribution in [0.15, 0.2) is 34.5 Å². The van der Waals surface area contributed by atoms with Crippen molar-refractivity contribution in [3.63, 3.8) is 0 Å². The summed E-state index contributed by atoms with van der Waals surface area (Å²) < 4.78 is 5.57. The summed E-state index contributed by atoms with van der Waals surface area (Å²) in [5.74, 6) is 1.55. The monoisotopic (exact) mass is 441 g/mol. The van der Waals surface area contributed by atoms with E-state index in [1.54, 1.807) is 18.0 Å². The zero-order chi connectivity index (χ0) is 20.5. The van der Waals surface area contributed by atoms with E-state index in [9.17, 15) is 0 Å². The van der Waals surface area contributed by atoms with Gasteiger partial charge in [-0.15, -0.1) is 0 Å². The van der Waals surface area contributed by atoms with Gasteiger partial charge in [0.15, 0.2) is 5.16 Å². The molecule has 2 atom stereocenters. The molecule has 3 aliphatic rings. The lowest BCUT2D eigenvalue weighted by Gasteiger charge is -2.24. The molecule has 0 bridgehead atoms. The van der Waals surface area contributed by atoms with Crippen molar-refractivity contribution >= 4 is 41.1 Å². The van der Waals surface area contributed by atoms with Crippen LogP contribution in [0.5, 0.6) is 0 Å². The summed E-state index contributed by atoms with van der Waals surface area (Å²) in [6.45, 7) is 1.66. The average molecular weight is 442 g/mol. The Morgan fingerprint density at radius 1 is 1.27 bits per heavy atom. The fourth-order valence-electron chi connectivity index (χ4n) is 4.44. The number of aromatic nitrogens is 3. The SMILES string of the molecule is Nc1nc(SCCCC2CCCN2)nc(C2C(Cl)=CC3=c4c2cccc4=COC3)n1. The first kappa shape index (κ1) is 19.8. The summed E-state index contributed by atoms with van der Waals surface area (Å²) in [6.07, 6.45) is 8.65. The number of benzene rings is 1. The summed E-state index contributed by atoms with van der Waals surface area (Å²) in [5, 5.41) is 7.10. The van der Waals surface area contributed by atoms with Gasteiger partial charge in [-0.05, 0) is 54.7 Å². The molecule has 0 radical (unpaired) electrons. The lowest BCUT2D eigenvalue weighted by Crippen LogP contribution is -2.38. The highest BCUT2D eigenvalue weighted by Gasteiger charge is 2.28. The number of halogens is 1. The van der Waals surface area contributed by atoms with E-state index in [1.807, 2.05) is 18.2 Å². The molecule has 2 aliphatic heterocycles. The molecule has 1 aromatic heterocycles. The van der Waals surface area contributed by atoms with E-state index < -0.39 is 0 Å². The fourth-order valence-corrected chi connectivity index (χ4v) is 5.60. The number of nitrogens with two attached hydrogens (primary N) is 1. The number of hydrogen-bond donors (Lipinski definition) is 2. The molecule has 2 unspecified atom stereocenters. The van der Waals surface area contributed by atoms with Gasteiger partial charge in [-0.3, -0.25) is 0 Å². The van der Waals surface area contributed by atoms with Crippen molar-refractivity contribution in [2.45, 2.75) is 42.8 Å². The zero-order valence-corrected chi connectivity index (χ0v) is 18.2. The van der Waals surface area contributed by atoms with Gasteiger partial charge in [-0.25, -0.2) is 4.98 Å². The van der Waals surface area contributed by atoms with Gasteiger partial charge in [0.25, 0.3) is 0 Å². The van der Waals surface area contributed by atoms with Gasteiger partial charge >= 0.3 is 0 Å². The highest BCUT2D eigenvalue weighted by molar-refractivity contribution is 7.99. The average Bonchev–Trinajstić information content (AvgIpc) is 3.25. The van der Waals surface area contributed by atoms with Crippen molar-refractivity contribution in [3.8, 4) is 0 Å². The van der Waals surface area contributed by atoms with E-state index in [-0.39, 0.29) is 11.9 Å². The van der Waals surface area contributed by atoms with Gasteiger partial charge in [-0.2, -0.15) is 9.97 Å². The number of nitrogen functional groups attached to an aromatic ring is 1. The Hall–Kier alpha value is -2.09. The van der Waals surface area contributed by atoms with E-state index >= 15 is 0 Å². The third kappa shape index (κ3) is 3.94. The molecule has 6 nitrogen and oxygen atoms in total. The van der Waals surface area contributed by atoms with Crippen molar-refractivity contribution in [1.82, 2.24) is 20.3 Å². The minimum Gasteiger partial charge on any atom is -0.496 e. The first-order valence-corrected chi connectivity index (χ1v) is 11.7. The Morgan fingerprint density at radius 3 is 3.07 bits per heavy atom. The molecule has 1 saturated heterocycles. The van der Waals surface area contributed by atoms with Crippen LogP contribution in [0.4, 0.5) is 5.95 Å². The van der Waals surface area contributed by atoms with Crippen LogP contribution in [0.25, 0.3) is 11.8 Å². The van der Waals surface area contributed by atoms with E-state index in [1.165, 1.54) is 19.3 Å². The van der Waals surface area contributed by atoms with Crippen molar-refractivity contribution in [1.29, 1.82) is 0 Å². The maximum absolute atomic E-state index is 6.72. The smallest absolute Gasteiger partial charge is 0.224 e. The summed E-state index contributed by atoms with van der Waals surface area (Å²) >= 11 is 8.35. The fraction of sp³-hybridized carbons (Fsp3) is 0.409. The quantitative estimate of drug-likeness (QED) is 0.525. The molecule has 1 fully saturated rings. The highest BCUT2D eigenvalue weighted by atomic mass is 35.5. The zero-order valence-electron chi connectivity index (χ0n) is 16.6. The van der Waals surface area contributed by atoms with Gasteiger partial charge in [0.2, 0.25) is 5.95 Å². The number of allylic oxidation sites excluding steroid dienone is 1. The minimum atomic E-state index is -0.246. The van der Waals surface area contributed by atoms with Gasteiger partial charge in [0, 0.05) is 22.0 Å². The van der Waals surface area contributed by atoms with Crippen LogP contribution < -0.4 is 21.5 Å². The van der Waals surface area contributed by atoms with Gasteiger partial charge in [0.1, 0.15) is 12.4 Å². The summed E-state index contributed by atoms with van der Waals surface area (Å²) in [4.78, 5) is 13.5. The first-order valence-electron chi connectivity index (χ1n) is 10.4. The predicted octanol–water partition coefficient (Wildman–Crippen LogP) is 2.27. The molecular formula is C22H24ClN5OS. The van der Waals surface area contributed by atoms with Crippen LogP contribution in [-0.2, 0) is 4.74 Å². The molecule has 1 aliphatic carbocycles. The summed E-state index contributed by atoms with van der Waals surface area (Å²) in [5.41, 5.74) is 8.22. The van der Waals surface area contributed by atoms with E-state index in [2.05, 4.69) is 21.4 Å². The van der Waals surface area contributed by atoms with Gasteiger partial charge in [0.05, 0.1) is 12.2 Å². The number of hydrogen-bond acceptors (Lipinski definition) is 7. The van der Waals surface area contributed by atoms with Crippen LogP contribution >= 0.6 is 23.4 Å². The predicted molar refractivity (Wildman–Crippen MR) is 121 cm³/mol. The summed E-state index contributed by atoms with van der Waals surface area (Å²) in [7, 11) is 0. The van der Waals surface area contributed by atoms with Crippen LogP contribution in [-0.4, -0.2) is 39.9 Å². The second-order valence-electron chi connectivity index (χ2n) is 7.85. The molecule has 156 valence electrons. The molecule has 0 spiro atoms. The van der Waals surface area contributed by atoms with Crippen molar-refractivity contribution < 1.29 is 4.74 Å².